The van der Waals surface area contributed by atoms with Crippen LogP contribution in [0.1, 0.15) is 41.5 Å². The Labute approximate surface area is 200 Å². The highest BCUT2D eigenvalue weighted by Gasteiger charge is 2.18. The summed E-state index contributed by atoms with van der Waals surface area (Å²) in [6.07, 6.45) is 2.79. The molecular formula is C27H24N4O4. The fraction of sp³-hybridized carbons (Fsp3) is 0.185. The molecule has 0 unspecified atom stereocenters. The van der Waals surface area contributed by atoms with Crippen molar-refractivity contribution in [1.29, 1.82) is 0 Å². The molecular weight excluding hydrogens is 444 g/mol. The van der Waals surface area contributed by atoms with Crippen molar-refractivity contribution in [2.45, 2.75) is 32.7 Å². The molecule has 0 atom stereocenters. The van der Waals surface area contributed by atoms with E-state index in [0.29, 0.717) is 23.1 Å². The summed E-state index contributed by atoms with van der Waals surface area (Å²) in [6.45, 7) is 2.64. The fourth-order valence-electron chi connectivity index (χ4n) is 4.34. The number of hydrogen-bond donors (Lipinski definition) is 2. The second kappa shape index (κ2) is 9.42. The molecule has 3 aromatic carbocycles. The Bertz CT molecular complexity index is 1560. The Morgan fingerprint density at radius 2 is 1.80 bits per heavy atom. The lowest BCUT2D eigenvalue weighted by Crippen LogP contribution is -2.08. The number of nitrogens with zero attached hydrogens (tertiary/aromatic N) is 3. The minimum absolute atomic E-state index is 0.237. The Morgan fingerprint density at radius 3 is 2.49 bits per heavy atom. The molecule has 0 saturated heterocycles. The first-order valence-electron chi connectivity index (χ1n) is 11.5. The van der Waals surface area contributed by atoms with Crippen molar-refractivity contribution < 1.29 is 14.3 Å². The molecule has 0 aliphatic rings. The van der Waals surface area contributed by atoms with E-state index in [4.69, 9.17) is 9.40 Å². The molecule has 0 aliphatic carbocycles. The van der Waals surface area contributed by atoms with Crippen LogP contribution >= 0.6 is 0 Å². The van der Waals surface area contributed by atoms with Crippen molar-refractivity contribution in [3.8, 4) is 22.6 Å². The van der Waals surface area contributed by atoms with Gasteiger partial charge >= 0.3 is 11.7 Å². The van der Waals surface area contributed by atoms with Crippen LogP contribution < -0.4 is 5.76 Å². The minimum atomic E-state index is -0.962. The number of aromatic amines is 1. The van der Waals surface area contributed by atoms with Crippen molar-refractivity contribution in [1.82, 2.24) is 19.7 Å². The maximum Gasteiger partial charge on any atom is 0.434 e. The van der Waals surface area contributed by atoms with Crippen LogP contribution in [0.3, 0.4) is 0 Å². The van der Waals surface area contributed by atoms with E-state index < -0.39 is 11.7 Å². The number of aryl methyl sites for hydroxylation is 1. The van der Waals surface area contributed by atoms with Crippen molar-refractivity contribution in [3.63, 3.8) is 0 Å². The SMILES string of the molecule is CCCCc1nc2cccc(C(=O)O)c2n1Cc1ccc(-c2ccccc2-c2n[nH]c(=O)o2)cc1. The van der Waals surface area contributed by atoms with Crippen LogP contribution in [0.15, 0.2) is 75.9 Å². The van der Waals surface area contributed by atoms with Gasteiger partial charge in [-0.1, -0.05) is 61.9 Å². The zero-order chi connectivity index (χ0) is 24.4. The number of carboxylic acids is 1. The standard InChI is InChI=1S/C27H24N4O4/c1-2-3-11-23-28-22-10-6-9-21(26(32)33)24(22)31(23)16-17-12-14-18(15-13-17)19-7-4-5-8-20(19)25-29-30-27(34)35-25/h4-10,12-15H,2-3,11,16H2,1H3,(H,30,34)(H,32,33). The summed E-state index contributed by atoms with van der Waals surface area (Å²) in [4.78, 5) is 28.1. The molecule has 8 heteroatoms. The van der Waals surface area contributed by atoms with Gasteiger partial charge in [0.05, 0.1) is 16.6 Å². The van der Waals surface area contributed by atoms with Crippen LogP contribution in [0.2, 0.25) is 0 Å². The lowest BCUT2D eigenvalue weighted by Gasteiger charge is -2.12. The topological polar surface area (TPSA) is 114 Å². The lowest BCUT2D eigenvalue weighted by molar-refractivity contribution is 0.0698. The predicted molar refractivity (Wildman–Crippen MR) is 132 cm³/mol. The van der Waals surface area contributed by atoms with E-state index in [1.165, 1.54) is 0 Å². The van der Waals surface area contributed by atoms with E-state index in [0.717, 1.165) is 41.8 Å². The van der Waals surface area contributed by atoms with Crippen molar-refractivity contribution in [2.75, 3.05) is 0 Å². The monoisotopic (exact) mass is 468 g/mol. The van der Waals surface area contributed by atoms with Crippen LogP contribution in [0, 0.1) is 0 Å². The third-order valence-corrected chi connectivity index (χ3v) is 6.03. The van der Waals surface area contributed by atoms with Crippen LogP contribution in [-0.4, -0.2) is 30.8 Å². The summed E-state index contributed by atoms with van der Waals surface area (Å²) in [6, 6.07) is 20.9. The Hall–Kier alpha value is -4.46. The summed E-state index contributed by atoms with van der Waals surface area (Å²) in [7, 11) is 0. The summed E-state index contributed by atoms with van der Waals surface area (Å²) in [5.41, 5.74) is 5.17. The van der Waals surface area contributed by atoms with Crippen LogP contribution in [-0.2, 0) is 13.0 Å². The Kier molecular flexibility index (Phi) is 6.01. The molecule has 0 fully saturated rings. The number of aromatic carboxylic acids is 1. The Balaban J connectivity index is 1.52. The number of aromatic nitrogens is 4. The van der Waals surface area contributed by atoms with Crippen molar-refractivity contribution in [3.05, 3.63) is 94.2 Å². The second-order valence-corrected chi connectivity index (χ2v) is 8.36. The van der Waals surface area contributed by atoms with E-state index in [1.807, 2.05) is 59.2 Å². The van der Waals surface area contributed by atoms with Gasteiger partial charge in [0.25, 0.3) is 0 Å². The van der Waals surface area contributed by atoms with E-state index in [2.05, 4.69) is 17.1 Å². The van der Waals surface area contributed by atoms with Crippen LogP contribution in [0.4, 0.5) is 0 Å². The number of rotatable bonds is 8. The normalized spacial score (nSPS) is 11.2. The number of unbranched alkanes of at least 4 members (excludes halogenated alkanes) is 1. The molecule has 2 N–H and O–H groups in total. The maximum absolute atomic E-state index is 11.9. The van der Waals surface area contributed by atoms with E-state index in [-0.39, 0.29) is 11.5 Å². The highest BCUT2D eigenvalue weighted by molar-refractivity contribution is 6.01. The summed E-state index contributed by atoms with van der Waals surface area (Å²) >= 11 is 0. The maximum atomic E-state index is 11.9. The molecule has 2 heterocycles. The number of carboxylic acid groups (broad SMARTS) is 1. The van der Waals surface area contributed by atoms with Gasteiger partial charge in [0.2, 0.25) is 5.89 Å². The molecule has 0 saturated carbocycles. The summed E-state index contributed by atoms with van der Waals surface area (Å²) in [5, 5.41) is 16.0. The molecule has 0 amide bonds. The zero-order valence-corrected chi connectivity index (χ0v) is 19.2. The largest absolute Gasteiger partial charge is 0.478 e. The Morgan fingerprint density at radius 1 is 1.03 bits per heavy atom. The van der Waals surface area contributed by atoms with Crippen molar-refractivity contribution in [2.24, 2.45) is 0 Å². The number of carbonyl (C=O) groups is 1. The molecule has 2 aromatic heterocycles. The number of fused-ring (bicyclic) bond motifs is 1. The third-order valence-electron chi connectivity index (χ3n) is 6.03. The van der Waals surface area contributed by atoms with Gasteiger partial charge in [0.1, 0.15) is 5.82 Å². The van der Waals surface area contributed by atoms with Gasteiger partial charge in [-0.2, -0.15) is 0 Å². The third kappa shape index (κ3) is 4.38. The zero-order valence-electron chi connectivity index (χ0n) is 19.2. The second-order valence-electron chi connectivity index (χ2n) is 8.36. The predicted octanol–water partition coefficient (Wildman–Crippen LogP) is 5.14. The lowest BCUT2D eigenvalue weighted by atomic mass is 9.98. The highest BCUT2D eigenvalue weighted by Crippen LogP contribution is 2.31. The molecule has 0 aliphatic heterocycles. The molecule has 0 radical (unpaired) electrons. The molecule has 0 spiro atoms. The fourth-order valence-corrected chi connectivity index (χ4v) is 4.34. The summed E-state index contributed by atoms with van der Waals surface area (Å²) in [5.74, 6) is -0.437. The van der Waals surface area contributed by atoms with Crippen molar-refractivity contribution >= 4 is 17.0 Å². The van der Waals surface area contributed by atoms with E-state index >= 15 is 0 Å². The number of nitrogens with one attached hydrogen (secondary N) is 1. The molecule has 5 aromatic rings. The van der Waals surface area contributed by atoms with Gasteiger partial charge in [-0.25, -0.2) is 19.7 Å². The number of imidazole rings is 1. The van der Waals surface area contributed by atoms with Gasteiger partial charge in [-0.05, 0) is 41.3 Å². The highest BCUT2D eigenvalue weighted by atomic mass is 16.4. The first-order valence-corrected chi connectivity index (χ1v) is 11.5. The number of H-pyrrole nitrogens is 1. The van der Waals surface area contributed by atoms with Gasteiger partial charge in [0, 0.05) is 18.5 Å². The number of para-hydroxylation sites is 1. The molecule has 176 valence electrons. The summed E-state index contributed by atoms with van der Waals surface area (Å²) < 4.78 is 7.19. The van der Waals surface area contributed by atoms with Gasteiger partial charge in [-0.15, -0.1) is 5.10 Å². The van der Waals surface area contributed by atoms with Crippen LogP contribution in [0.25, 0.3) is 33.6 Å². The van der Waals surface area contributed by atoms with Gasteiger partial charge in [0.15, 0.2) is 0 Å². The number of benzene rings is 3. The molecule has 0 bridgehead atoms. The van der Waals surface area contributed by atoms with Gasteiger partial charge in [-0.3, -0.25) is 0 Å². The average molecular weight is 469 g/mol. The quantitative estimate of drug-likeness (QED) is 0.326. The first-order chi connectivity index (χ1) is 17.0. The van der Waals surface area contributed by atoms with Gasteiger partial charge < -0.3 is 14.1 Å². The van der Waals surface area contributed by atoms with Crippen LogP contribution in [0.5, 0.6) is 0 Å². The molecule has 8 nitrogen and oxygen atoms in total. The molecule has 5 rings (SSSR count). The minimum Gasteiger partial charge on any atom is -0.478 e. The smallest absolute Gasteiger partial charge is 0.434 e. The average Bonchev–Trinajstić information content (AvgIpc) is 3.46. The molecule has 35 heavy (non-hydrogen) atoms. The van der Waals surface area contributed by atoms with E-state index in [1.54, 1.807) is 12.1 Å². The first kappa shape index (κ1) is 22.3. The van der Waals surface area contributed by atoms with E-state index in [9.17, 15) is 14.7 Å². The number of hydrogen-bond acceptors (Lipinski definition) is 5.